The van der Waals surface area contributed by atoms with Crippen LogP contribution in [0.4, 0.5) is 11.5 Å². The molecule has 0 aliphatic heterocycles. The van der Waals surface area contributed by atoms with Crippen LogP contribution < -0.4 is 10.2 Å². The molecule has 3 aromatic rings. The van der Waals surface area contributed by atoms with E-state index in [1.165, 1.54) is 0 Å². The van der Waals surface area contributed by atoms with Gasteiger partial charge in [-0.15, -0.1) is 0 Å². The molecule has 0 spiro atoms. The number of anilines is 2. The van der Waals surface area contributed by atoms with Crippen molar-refractivity contribution in [1.29, 1.82) is 0 Å². The minimum absolute atomic E-state index is 0.167. The highest BCUT2D eigenvalue weighted by Crippen LogP contribution is 2.20. The quantitative estimate of drug-likeness (QED) is 0.624. The summed E-state index contributed by atoms with van der Waals surface area (Å²) in [6.45, 7) is 2.95. The van der Waals surface area contributed by atoms with E-state index in [9.17, 15) is 4.79 Å². The Hall–Kier alpha value is -3.21. The van der Waals surface area contributed by atoms with E-state index < -0.39 is 0 Å². The van der Waals surface area contributed by atoms with Gasteiger partial charge in [-0.2, -0.15) is 0 Å². The molecule has 27 heavy (non-hydrogen) atoms. The summed E-state index contributed by atoms with van der Waals surface area (Å²) in [5.74, 6) is 1.04. The van der Waals surface area contributed by atoms with Crippen LogP contribution in [0.2, 0.25) is 0 Å². The van der Waals surface area contributed by atoms with E-state index in [1.54, 1.807) is 18.0 Å². The monoisotopic (exact) mass is 360 g/mol. The van der Waals surface area contributed by atoms with Gasteiger partial charge in [0.15, 0.2) is 5.82 Å². The van der Waals surface area contributed by atoms with Gasteiger partial charge in [0.05, 0.1) is 0 Å². The first-order valence-corrected chi connectivity index (χ1v) is 9.20. The number of benzene rings is 2. The lowest BCUT2D eigenvalue weighted by Crippen LogP contribution is -2.27. The van der Waals surface area contributed by atoms with Crippen molar-refractivity contribution in [3.63, 3.8) is 0 Å². The summed E-state index contributed by atoms with van der Waals surface area (Å²) in [5.41, 5.74) is 2.07. The van der Waals surface area contributed by atoms with Gasteiger partial charge in [0, 0.05) is 30.9 Å². The van der Waals surface area contributed by atoms with Crippen molar-refractivity contribution < 1.29 is 4.79 Å². The standard InChI is InChI=1S/C22H24N4O/c1-3-4-15-23-20-16-19(22(27)26(2)18-13-9-6-10-14-18)24-21(25-20)17-11-7-5-8-12-17/h5-14,16H,3-4,15H2,1-2H3,(H,23,24,25). The van der Waals surface area contributed by atoms with E-state index in [0.29, 0.717) is 17.3 Å². The number of carbonyl (C=O) groups is 1. The predicted octanol–water partition coefficient (Wildman–Crippen LogP) is 4.63. The first-order chi connectivity index (χ1) is 13.2. The summed E-state index contributed by atoms with van der Waals surface area (Å²) in [5, 5.41) is 3.31. The van der Waals surface area contributed by atoms with Crippen LogP contribution in [0.5, 0.6) is 0 Å². The molecule has 0 aliphatic carbocycles. The minimum Gasteiger partial charge on any atom is -0.370 e. The second-order valence-electron chi connectivity index (χ2n) is 6.31. The molecule has 0 saturated heterocycles. The number of para-hydroxylation sites is 1. The molecular weight excluding hydrogens is 336 g/mol. The van der Waals surface area contributed by atoms with Crippen LogP contribution in [0.1, 0.15) is 30.3 Å². The first kappa shape index (κ1) is 18.6. The summed E-state index contributed by atoms with van der Waals surface area (Å²) in [4.78, 5) is 23.8. The zero-order valence-electron chi connectivity index (χ0n) is 15.7. The fourth-order valence-electron chi connectivity index (χ4n) is 2.70. The molecule has 138 valence electrons. The summed E-state index contributed by atoms with van der Waals surface area (Å²) < 4.78 is 0. The van der Waals surface area contributed by atoms with E-state index >= 15 is 0 Å². The van der Waals surface area contributed by atoms with Crippen molar-refractivity contribution in [2.75, 3.05) is 23.8 Å². The minimum atomic E-state index is -0.167. The van der Waals surface area contributed by atoms with Gasteiger partial charge in [-0.05, 0) is 18.6 Å². The van der Waals surface area contributed by atoms with E-state index in [0.717, 1.165) is 30.6 Å². The number of hydrogen-bond acceptors (Lipinski definition) is 4. The number of amides is 1. The summed E-state index contributed by atoms with van der Waals surface area (Å²) in [6, 6.07) is 21.0. The van der Waals surface area contributed by atoms with Gasteiger partial charge in [0.1, 0.15) is 11.5 Å². The van der Waals surface area contributed by atoms with Crippen LogP contribution >= 0.6 is 0 Å². The number of nitrogens with zero attached hydrogens (tertiary/aromatic N) is 3. The van der Waals surface area contributed by atoms with E-state index in [2.05, 4.69) is 22.2 Å². The Balaban J connectivity index is 1.95. The van der Waals surface area contributed by atoms with Crippen molar-refractivity contribution in [2.24, 2.45) is 0 Å². The lowest BCUT2D eigenvalue weighted by Gasteiger charge is -2.18. The third-order valence-corrected chi connectivity index (χ3v) is 4.26. The third-order valence-electron chi connectivity index (χ3n) is 4.26. The molecule has 0 bridgehead atoms. The number of nitrogens with one attached hydrogen (secondary N) is 1. The molecule has 3 rings (SSSR count). The molecule has 5 nitrogen and oxygen atoms in total. The molecule has 5 heteroatoms. The van der Waals surface area contributed by atoms with Crippen LogP contribution in [0.3, 0.4) is 0 Å². The zero-order chi connectivity index (χ0) is 19.1. The van der Waals surface area contributed by atoms with Crippen LogP contribution in [-0.4, -0.2) is 29.5 Å². The van der Waals surface area contributed by atoms with Crippen molar-refractivity contribution >= 4 is 17.4 Å². The number of unbranched alkanes of at least 4 members (excludes halogenated alkanes) is 1. The average molecular weight is 360 g/mol. The smallest absolute Gasteiger partial charge is 0.276 e. The van der Waals surface area contributed by atoms with Gasteiger partial charge in [0.2, 0.25) is 0 Å². The summed E-state index contributed by atoms with van der Waals surface area (Å²) >= 11 is 0. The largest absolute Gasteiger partial charge is 0.370 e. The Kier molecular flexibility index (Phi) is 6.15. The second-order valence-corrected chi connectivity index (χ2v) is 6.31. The van der Waals surface area contributed by atoms with Gasteiger partial charge < -0.3 is 10.2 Å². The molecule has 1 N–H and O–H groups in total. The van der Waals surface area contributed by atoms with Crippen molar-refractivity contribution in [1.82, 2.24) is 9.97 Å². The topological polar surface area (TPSA) is 58.1 Å². The number of aromatic nitrogens is 2. The fourth-order valence-corrected chi connectivity index (χ4v) is 2.70. The molecule has 0 fully saturated rings. The van der Waals surface area contributed by atoms with E-state index in [1.807, 2.05) is 60.7 Å². The highest BCUT2D eigenvalue weighted by molar-refractivity contribution is 6.05. The zero-order valence-corrected chi connectivity index (χ0v) is 15.7. The molecule has 0 aliphatic rings. The van der Waals surface area contributed by atoms with Crippen molar-refractivity contribution in [3.05, 3.63) is 72.4 Å². The lowest BCUT2D eigenvalue weighted by atomic mass is 10.2. The molecule has 0 radical (unpaired) electrons. The Labute approximate surface area is 160 Å². The SMILES string of the molecule is CCCCNc1cc(C(=O)N(C)c2ccccc2)nc(-c2ccccc2)n1. The van der Waals surface area contributed by atoms with Gasteiger partial charge in [-0.1, -0.05) is 61.9 Å². The normalized spacial score (nSPS) is 10.4. The van der Waals surface area contributed by atoms with Gasteiger partial charge in [-0.3, -0.25) is 4.79 Å². The molecule has 0 atom stereocenters. The maximum absolute atomic E-state index is 13.0. The Morgan fingerprint density at radius 3 is 2.33 bits per heavy atom. The van der Waals surface area contributed by atoms with Gasteiger partial charge in [-0.25, -0.2) is 9.97 Å². The molecular formula is C22H24N4O. The second kappa shape index (κ2) is 8.94. The van der Waals surface area contributed by atoms with E-state index in [-0.39, 0.29) is 5.91 Å². The molecule has 0 saturated carbocycles. The summed E-state index contributed by atoms with van der Waals surface area (Å²) in [7, 11) is 1.76. The Morgan fingerprint density at radius 1 is 1.00 bits per heavy atom. The number of rotatable bonds is 7. The van der Waals surface area contributed by atoms with Crippen molar-refractivity contribution in [2.45, 2.75) is 19.8 Å². The third kappa shape index (κ3) is 4.70. The molecule has 1 amide bonds. The lowest BCUT2D eigenvalue weighted by molar-refractivity contribution is 0.0988. The number of hydrogen-bond donors (Lipinski definition) is 1. The highest BCUT2D eigenvalue weighted by Gasteiger charge is 2.18. The Morgan fingerprint density at radius 2 is 1.67 bits per heavy atom. The molecule has 0 unspecified atom stereocenters. The van der Waals surface area contributed by atoms with Crippen LogP contribution in [0.15, 0.2) is 66.7 Å². The van der Waals surface area contributed by atoms with Crippen molar-refractivity contribution in [3.8, 4) is 11.4 Å². The Bertz CT molecular complexity index is 881. The maximum Gasteiger partial charge on any atom is 0.276 e. The van der Waals surface area contributed by atoms with Crippen LogP contribution in [0, 0.1) is 0 Å². The fraction of sp³-hybridized carbons (Fsp3) is 0.227. The predicted molar refractivity (Wildman–Crippen MR) is 110 cm³/mol. The van der Waals surface area contributed by atoms with Crippen LogP contribution in [-0.2, 0) is 0 Å². The highest BCUT2D eigenvalue weighted by atomic mass is 16.2. The summed E-state index contributed by atoms with van der Waals surface area (Å²) in [6.07, 6.45) is 2.13. The van der Waals surface area contributed by atoms with E-state index in [4.69, 9.17) is 0 Å². The first-order valence-electron chi connectivity index (χ1n) is 9.20. The van der Waals surface area contributed by atoms with Gasteiger partial charge >= 0.3 is 0 Å². The molecule has 1 heterocycles. The average Bonchev–Trinajstić information content (AvgIpc) is 2.74. The van der Waals surface area contributed by atoms with Gasteiger partial charge in [0.25, 0.3) is 5.91 Å². The number of carbonyl (C=O) groups excluding carboxylic acids is 1. The molecule has 2 aromatic carbocycles. The van der Waals surface area contributed by atoms with Crippen LogP contribution in [0.25, 0.3) is 11.4 Å². The maximum atomic E-state index is 13.0. The molecule has 1 aromatic heterocycles.